The van der Waals surface area contributed by atoms with E-state index in [-0.39, 0.29) is 0 Å². The summed E-state index contributed by atoms with van der Waals surface area (Å²) in [6.45, 7) is 0. The first-order valence-electron chi connectivity index (χ1n) is 20.2. The highest BCUT2D eigenvalue weighted by Gasteiger charge is 2.19. The van der Waals surface area contributed by atoms with Crippen LogP contribution in [0.2, 0.25) is 0 Å². The molecule has 58 heavy (non-hydrogen) atoms. The summed E-state index contributed by atoms with van der Waals surface area (Å²) in [6.07, 6.45) is 0. The number of hydrogen-bond donors (Lipinski definition) is 0. The first kappa shape index (κ1) is 32.7. The van der Waals surface area contributed by atoms with Gasteiger partial charge in [0.25, 0.3) is 0 Å². The molecule has 0 saturated carbocycles. The van der Waals surface area contributed by atoms with Crippen LogP contribution < -0.4 is 0 Å². The summed E-state index contributed by atoms with van der Waals surface area (Å²) in [5.41, 5.74) is 9.92. The molecule has 12 aromatic carbocycles. The quantitative estimate of drug-likeness (QED) is 0.125. The number of benzene rings is 12. The monoisotopic (exact) mass is 732 g/mol. The predicted molar refractivity (Wildman–Crippen MR) is 251 cm³/mol. The maximum atomic E-state index is 2.45. The van der Waals surface area contributed by atoms with Gasteiger partial charge in [-0.2, -0.15) is 0 Å². The summed E-state index contributed by atoms with van der Waals surface area (Å²) in [5, 5.41) is 17.9. The van der Waals surface area contributed by atoms with E-state index in [1.807, 2.05) is 0 Å². The van der Waals surface area contributed by atoms with Gasteiger partial charge in [0.05, 0.1) is 0 Å². The van der Waals surface area contributed by atoms with Crippen molar-refractivity contribution < 1.29 is 0 Å². The zero-order valence-electron chi connectivity index (χ0n) is 31.8. The van der Waals surface area contributed by atoms with Crippen molar-refractivity contribution in [1.29, 1.82) is 0 Å². The Kier molecular flexibility index (Phi) is 7.33. The Morgan fingerprint density at radius 1 is 0.190 bits per heavy atom. The largest absolute Gasteiger partial charge is 0.0616 e. The fourth-order valence-corrected chi connectivity index (χ4v) is 9.92. The molecule has 0 N–H and O–H groups in total. The molecule has 0 bridgehead atoms. The second-order valence-corrected chi connectivity index (χ2v) is 15.5. The molecule has 0 spiro atoms. The van der Waals surface area contributed by atoms with Crippen LogP contribution in [0.15, 0.2) is 218 Å². The van der Waals surface area contributed by atoms with Gasteiger partial charge >= 0.3 is 0 Å². The van der Waals surface area contributed by atoms with Gasteiger partial charge in [0.15, 0.2) is 0 Å². The normalized spacial score (nSPS) is 11.8. The SMILES string of the molecule is c1cc(-c2cccc3ccccc23)cc(-c2c3ccccc3c(-c3cccc(-c4cc5c6ccccc6c6ccccc6c5c5ccccc45)c3)c3ccccc23)c1. The topological polar surface area (TPSA) is 0 Å². The van der Waals surface area contributed by atoms with Gasteiger partial charge in [-0.25, -0.2) is 0 Å². The van der Waals surface area contributed by atoms with E-state index in [0.717, 1.165) is 0 Å². The summed E-state index contributed by atoms with van der Waals surface area (Å²) < 4.78 is 0. The van der Waals surface area contributed by atoms with Crippen molar-refractivity contribution in [3.8, 4) is 44.5 Å². The summed E-state index contributed by atoms with van der Waals surface area (Å²) in [7, 11) is 0. The first-order valence-corrected chi connectivity index (χ1v) is 20.2. The van der Waals surface area contributed by atoms with E-state index in [2.05, 4.69) is 218 Å². The van der Waals surface area contributed by atoms with Crippen molar-refractivity contribution >= 4 is 75.4 Å². The Balaban J connectivity index is 1.09. The van der Waals surface area contributed by atoms with E-state index in [1.165, 1.54) is 120 Å². The molecule has 0 atom stereocenters. The Morgan fingerprint density at radius 2 is 0.552 bits per heavy atom. The average molecular weight is 733 g/mol. The molecule has 0 nitrogen and oxygen atoms in total. The van der Waals surface area contributed by atoms with Gasteiger partial charge < -0.3 is 0 Å². The van der Waals surface area contributed by atoms with Gasteiger partial charge in [-0.3, -0.25) is 0 Å². The Bertz CT molecular complexity index is 3560. The van der Waals surface area contributed by atoms with Crippen LogP contribution in [0.1, 0.15) is 0 Å². The molecule has 0 radical (unpaired) electrons. The second-order valence-electron chi connectivity index (χ2n) is 15.5. The van der Waals surface area contributed by atoms with Gasteiger partial charge in [-0.15, -0.1) is 0 Å². The molecular weight excluding hydrogens is 697 g/mol. The Labute approximate surface area is 336 Å². The van der Waals surface area contributed by atoms with Crippen LogP contribution in [0.5, 0.6) is 0 Å². The lowest BCUT2D eigenvalue weighted by molar-refractivity contribution is 1.63. The van der Waals surface area contributed by atoms with Crippen LogP contribution >= 0.6 is 0 Å². The molecule has 0 fully saturated rings. The summed E-state index contributed by atoms with van der Waals surface area (Å²) in [5.74, 6) is 0. The minimum Gasteiger partial charge on any atom is -0.0616 e. The van der Waals surface area contributed by atoms with Crippen LogP contribution in [-0.4, -0.2) is 0 Å². The van der Waals surface area contributed by atoms with Crippen molar-refractivity contribution in [3.05, 3.63) is 218 Å². The molecule has 0 aliphatic carbocycles. The van der Waals surface area contributed by atoms with E-state index < -0.39 is 0 Å². The molecule has 0 aliphatic heterocycles. The lowest BCUT2D eigenvalue weighted by Gasteiger charge is -2.19. The first-order chi connectivity index (χ1) is 28.8. The third kappa shape index (κ3) is 4.95. The molecule has 0 saturated heterocycles. The van der Waals surface area contributed by atoms with E-state index >= 15 is 0 Å². The molecule has 0 heteroatoms. The molecular formula is C58H36. The Hall–Kier alpha value is -7.54. The molecule has 0 aromatic heterocycles. The standard InChI is InChI=1S/C58H36/c1-2-22-42-37(16-1)17-15-33-43(42)38-18-13-20-40(34-38)56-50-29-9-11-31-52(50)57(53-32-12-10-30-51(53)56)41-21-14-19-39(35-41)54-36-55-46-25-4-3-23-44(46)45-24-5-7-27-48(45)58(55)49-28-8-6-26-47(49)54/h1-36H. The van der Waals surface area contributed by atoms with Crippen molar-refractivity contribution in [3.63, 3.8) is 0 Å². The lowest BCUT2D eigenvalue weighted by atomic mass is 9.84. The van der Waals surface area contributed by atoms with Crippen LogP contribution in [0.3, 0.4) is 0 Å². The van der Waals surface area contributed by atoms with E-state index in [9.17, 15) is 0 Å². The van der Waals surface area contributed by atoms with Crippen molar-refractivity contribution in [1.82, 2.24) is 0 Å². The molecule has 268 valence electrons. The van der Waals surface area contributed by atoms with Crippen molar-refractivity contribution in [2.24, 2.45) is 0 Å². The molecule has 12 rings (SSSR count). The van der Waals surface area contributed by atoms with Crippen molar-refractivity contribution in [2.75, 3.05) is 0 Å². The molecule has 0 aliphatic rings. The maximum absolute atomic E-state index is 2.45. The summed E-state index contributed by atoms with van der Waals surface area (Å²) >= 11 is 0. The number of hydrogen-bond acceptors (Lipinski definition) is 0. The molecule has 0 unspecified atom stereocenters. The van der Waals surface area contributed by atoms with Crippen LogP contribution in [-0.2, 0) is 0 Å². The van der Waals surface area contributed by atoms with Crippen LogP contribution in [0.25, 0.3) is 120 Å². The number of rotatable bonds is 4. The van der Waals surface area contributed by atoms with E-state index in [1.54, 1.807) is 0 Å². The summed E-state index contributed by atoms with van der Waals surface area (Å²) in [4.78, 5) is 0. The smallest absolute Gasteiger partial charge is 0.00199 e. The molecule has 0 heterocycles. The lowest BCUT2D eigenvalue weighted by Crippen LogP contribution is -1.92. The van der Waals surface area contributed by atoms with Gasteiger partial charge in [-0.1, -0.05) is 200 Å². The van der Waals surface area contributed by atoms with Crippen LogP contribution in [0.4, 0.5) is 0 Å². The maximum Gasteiger partial charge on any atom is -0.00199 e. The fourth-order valence-electron chi connectivity index (χ4n) is 9.92. The third-order valence-corrected chi connectivity index (χ3v) is 12.4. The zero-order valence-corrected chi connectivity index (χ0v) is 31.8. The van der Waals surface area contributed by atoms with Gasteiger partial charge in [-0.05, 0) is 138 Å². The summed E-state index contributed by atoms with van der Waals surface area (Å²) in [6, 6.07) is 80.9. The average Bonchev–Trinajstić information content (AvgIpc) is 3.30. The van der Waals surface area contributed by atoms with E-state index in [0.29, 0.717) is 0 Å². The number of fused-ring (bicyclic) bond motifs is 11. The van der Waals surface area contributed by atoms with Crippen LogP contribution in [0, 0.1) is 0 Å². The van der Waals surface area contributed by atoms with Gasteiger partial charge in [0.1, 0.15) is 0 Å². The minimum atomic E-state index is 1.22. The highest BCUT2D eigenvalue weighted by molar-refractivity contribution is 6.33. The van der Waals surface area contributed by atoms with E-state index in [4.69, 9.17) is 0 Å². The van der Waals surface area contributed by atoms with Gasteiger partial charge in [0, 0.05) is 0 Å². The molecule has 0 amide bonds. The highest BCUT2D eigenvalue weighted by Crippen LogP contribution is 2.47. The highest BCUT2D eigenvalue weighted by atomic mass is 14.2. The zero-order chi connectivity index (χ0) is 38.2. The second kappa shape index (κ2) is 13.0. The Morgan fingerprint density at radius 3 is 1.12 bits per heavy atom. The molecule has 12 aromatic rings. The third-order valence-electron chi connectivity index (χ3n) is 12.4. The fraction of sp³-hybridized carbons (Fsp3) is 0. The minimum absolute atomic E-state index is 1.22. The van der Waals surface area contributed by atoms with Gasteiger partial charge in [0.2, 0.25) is 0 Å². The predicted octanol–water partition coefficient (Wildman–Crippen LogP) is 16.4. The van der Waals surface area contributed by atoms with Crippen molar-refractivity contribution in [2.45, 2.75) is 0 Å².